The summed E-state index contributed by atoms with van der Waals surface area (Å²) in [4.78, 5) is 40.3. The molecule has 3 rings (SSSR count). The van der Waals surface area contributed by atoms with Gasteiger partial charge in [0.1, 0.15) is 0 Å². The van der Waals surface area contributed by atoms with Gasteiger partial charge in [-0.05, 0) is 24.5 Å². The van der Waals surface area contributed by atoms with Crippen molar-refractivity contribution < 1.29 is 14.4 Å². The minimum absolute atomic E-state index is 0.0234. The zero-order valence-corrected chi connectivity index (χ0v) is 16.4. The molecule has 6 nitrogen and oxygen atoms in total. The van der Waals surface area contributed by atoms with Crippen molar-refractivity contribution in [2.75, 3.05) is 26.2 Å². The number of fused-ring (bicyclic) bond motifs is 1. The maximum Gasteiger partial charge on any atom is 0.242 e. The molecule has 2 aliphatic rings. The third kappa shape index (κ3) is 3.99. The predicted octanol–water partition coefficient (Wildman–Crippen LogP) is 1.89. The summed E-state index contributed by atoms with van der Waals surface area (Å²) in [6, 6.07) is 8.10. The topological polar surface area (TPSA) is 69.7 Å². The molecule has 1 aromatic carbocycles. The Hall–Kier alpha value is -2.37. The van der Waals surface area contributed by atoms with Gasteiger partial charge in [0.25, 0.3) is 0 Å². The van der Waals surface area contributed by atoms with Gasteiger partial charge in [0.05, 0.1) is 12.6 Å². The molecule has 3 atom stereocenters. The molecule has 1 aromatic rings. The van der Waals surface area contributed by atoms with Crippen LogP contribution in [0.4, 0.5) is 0 Å². The van der Waals surface area contributed by atoms with E-state index in [9.17, 15) is 14.4 Å². The van der Waals surface area contributed by atoms with Crippen molar-refractivity contribution in [2.24, 2.45) is 11.8 Å². The van der Waals surface area contributed by atoms with Crippen LogP contribution in [-0.4, -0.2) is 53.7 Å². The number of amides is 3. The van der Waals surface area contributed by atoms with Gasteiger partial charge in [-0.15, -0.1) is 0 Å². The standard InChI is InChI=1S/C21H29N3O3/c1-4-7-19(26)23-11-16-12-24(20(27)10-22-15(3)25)21(18(16)13-23)17-9-6-5-8-14(17)2/h5-6,8-9,16,18,21H,4,7,10-13H2,1-3H3,(H,22,25)/t16-,18-,21+/m0/s1. The van der Waals surface area contributed by atoms with Crippen LogP contribution in [0.2, 0.25) is 0 Å². The van der Waals surface area contributed by atoms with E-state index in [-0.39, 0.29) is 42.1 Å². The third-order valence-electron chi connectivity index (χ3n) is 5.80. The minimum Gasteiger partial charge on any atom is -0.347 e. The van der Waals surface area contributed by atoms with Crippen LogP contribution in [0.3, 0.4) is 0 Å². The first-order valence-electron chi connectivity index (χ1n) is 9.79. The first-order valence-corrected chi connectivity index (χ1v) is 9.79. The van der Waals surface area contributed by atoms with Crippen LogP contribution in [0.25, 0.3) is 0 Å². The highest BCUT2D eigenvalue weighted by Crippen LogP contribution is 2.45. The van der Waals surface area contributed by atoms with Crippen LogP contribution < -0.4 is 5.32 Å². The lowest BCUT2D eigenvalue weighted by Gasteiger charge is -2.31. The van der Waals surface area contributed by atoms with Crippen LogP contribution in [-0.2, 0) is 14.4 Å². The van der Waals surface area contributed by atoms with E-state index in [2.05, 4.69) is 24.4 Å². The maximum absolute atomic E-state index is 12.8. The van der Waals surface area contributed by atoms with E-state index >= 15 is 0 Å². The number of hydrogen-bond donors (Lipinski definition) is 1. The number of carbonyl (C=O) groups excluding carboxylic acids is 3. The minimum atomic E-state index is -0.202. The molecular weight excluding hydrogens is 342 g/mol. The lowest BCUT2D eigenvalue weighted by Crippen LogP contribution is -2.42. The second-order valence-electron chi connectivity index (χ2n) is 7.73. The molecule has 146 valence electrons. The molecule has 0 unspecified atom stereocenters. The van der Waals surface area contributed by atoms with Gasteiger partial charge in [0.15, 0.2) is 0 Å². The zero-order chi connectivity index (χ0) is 19.6. The zero-order valence-electron chi connectivity index (χ0n) is 16.4. The van der Waals surface area contributed by atoms with E-state index < -0.39 is 0 Å². The largest absolute Gasteiger partial charge is 0.347 e. The monoisotopic (exact) mass is 371 g/mol. The molecule has 2 fully saturated rings. The molecule has 2 aliphatic heterocycles. The third-order valence-corrected chi connectivity index (χ3v) is 5.80. The Kier molecular flexibility index (Phi) is 5.82. The van der Waals surface area contributed by atoms with E-state index in [0.717, 1.165) is 24.1 Å². The highest BCUT2D eigenvalue weighted by Gasteiger charge is 2.50. The Morgan fingerprint density at radius 1 is 1.11 bits per heavy atom. The number of benzene rings is 1. The molecule has 0 radical (unpaired) electrons. The van der Waals surface area contributed by atoms with Gasteiger partial charge in [-0.1, -0.05) is 31.2 Å². The molecule has 3 amide bonds. The van der Waals surface area contributed by atoms with Gasteiger partial charge in [-0.2, -0.15) is 0 Å². The molecule has 6 heteroatoms. The highest BCUT2D eigenvalue weighted by molar-refractivity contribution is 5.84. The Bertz CT molecular complexity index is 733. The van der Waals surface area contributed by atoms with Crippen molar-refractivity contribution in [3.63, 3.8) is 0 Å². The summed E-state index contributed by atoms with van der Waals surface area (Å²) in [6.45, 7) is 7.58. The maximum atomic E-state index is 12.8. The number of nitrogens with one attached hydrogen (secondary N) is 1. The van der Waals surface area contributed by atoms with E-state index in [1.54, 1.807) is 0 Å². The first-order chi connectivity index (χ1) is 12.9. The summed E-state index contributed by atoms with van der Waals surface area (Å²) in [5.74, 6) is 0.488. The van der Waals surface area contributed by atoms with E-state index in [1.807, 2.05) is 28.9 Å². The summed E-state index contributed by atoms with van der Waals surface area (Å²) in [7, 11) is 0. The van der Waals surface area contributed by atoms with Gasteiger partial charge >= 0.3 is 0 Å². The fourth-order valence-corrected chi connectivity index (χ4v) is 4.50. The molecule has 0 aromatic heterocycles. The van der Waals surface area contributed by atoms with Crippen LogP contribution in [0.15, 0.2) is 24.3 Å². The van der Waals surface area contributed by atoms with Crippen molar-refractivity contribution >= 4 is 17.7 Å². The lowest BCUT2D eigenvalue weighted by atomic mass is 9.87. The van der Waals surface area contributed by atoms with E-state index in [1.165, 1.54) is 6.92 Å². The second-order valence-corrected chi connectivity index (χ2v) is 7.73. The molecule has 0 bridgehead atoms. The number of likely N-dealkylation sites (tertiary alicyclic amines) is 2. The Labute approximate surface area is 160 Å². The molecule has 0 aliphatic carbocycles. The Morgan fingerprint density at radius 3 is 2.52 bits per heavy atom. The molecule has 2 heterocycles. The van der Waals surface area contributed by atoms with E-state index in [4.69, 9.17) is 0 Å². The first kappa shape index (κ1) is 19.4. The summed E-state index contributed by atoms with van der Waals surface area (Å²) < 4.78 is 0. The average molecular weight is 371 g/mol. The van der Waals surface area contributed by atoms with Gasteiger partial charge in [-0.3, -0.25) is 14.4 Å². The average Bonchev–Trinajstić information content (AvgIpc) is 3.18. The van der Waals surface area contributed by atoms with Crippen molar-refractivity contribution in [3.05, 3.63) is 35.4 Å². The fraction of sp³-hybridized carbons (Fsp3) is 0.571. The normalized spacial score (nSPS) is 24.0. The van der Waals surface area contributed by atoms with Crippen LogP contribution in [0, 0.1) is 18.8 Å². The van der Waals surface area contributed by atoms with Crippen molar-refractivity contribution in [1.82, 2.24) is 15.1 Å². The van der Waals surface area contributed by atoms with Gasteiger partial charge in [0.2, 0.25) is 17.7 Å². The smallest absolute Gasteiger partial charge is 0.242 e. The molecule has 27 heavy (non-hydrogen) atoms. The van der Waals surface area contributed by atoms with Crippen molar-refractivity contribution in [1.29, 1.82) is 0 Å². The van der Waals surface area contributed by atoms with Gasteiger partial charge < -0.3 is 15.1 Å². The number of hydrogen-bond acceptors (Lipinski definition) is 3. The second kappa shape index (κ2) is 8.11. The SMILES string of the molecule is CCCC(=O)N1C[C@H]2CN(C(=O)CNC(C)=O)[C@H](c3ccccc3C)[C@H]2C1. The summed E-state index contributed by atoms with van der Waals surface area (Å²) in [5.41, 5.74) is 2.30. The predicted molar refractivity (Wildman–Crippen MR) is 103 cm³/mol. The molecule has 1 N–H and O–H groups in total. The highest BCUT2D eigenvalue weighted by atomic mass is 16.2. The number of nitrogens with zero attached hydrogens (tertiary/aromatic N) is 2. The number of carbonyl (C=O) groups is 3. The summed E-state index contributed by atoms with van der Waals surface area (Å²) in [5, 5.41) is 2.62. The summed E-state index contributed by atoms with van der Waals surface area (Å²) in [6.07, 6.45) is 1.44. The van der Waals surface area contributed by atoms with Crippen LogP contribution >= 0.6 is 0 Å². The lowest BCUT2D eigenvalue weighted by molar-refractivity contribution is -0.134. The fourth-order valence-electron chi connectivity index (χ4n) is 4.50. The molecular formula is C21H29N3O3. The molecule has 0 saturated carbocycles. The van der Waals surface area contributed by atoms with Crippen LogP contribution in [0.1, 0.15) is 43.9 Å². The molecule has 2 saturated heterocycles. The van der Waals surface area contributed by atoms with Crippen LogP contribution in [0.5, 0.6) is 0 Å². The van der Waals surface area contributed by atoms with Crippen molar-refractivity contribution in [3.8, 4) is 0 Å². The Morgan fingerprint density at radius 2 is 1.85 bits per heavy atom. The van der Waals surface area contributed by atoms with E-state index in [0.29, 0.717) is 19.5 Å². The summed E-state index contributed by atoms with van der Waals surface area (Å²) >= 11 is 0. The van der Waals surface area contributed by atoms with Crippen molar-refractivity contribution in [2.45, 2.75) is 39.7 Å². The number of aryl methyl sites for hydroxylation is 1. The van der Waals surface area contributed by atoms with Gasteiger partial charge in [-0.25, -0.2) is 0 Å². The quantitative estimate of drug-likeness (QED) is 0.859. The van der Waals surface area contributed by atoms with Gasteiger partial charge in [0, 0.05) is 44.8 Å². The Balaban J connectivity index is 1.85. The molecule has 0 spiro atoms. The number of rotatable bonds is 5.